The molecule has 1 saturated heterocycles. The van der Waals surface area contributed by atoms with Gasteiger partial charge in [0.2, 0.25) is 10.0 Å². The Morgan fingerprint density at radius 3 is 2.07 bits per heavy atom. The number of sulfonamides is 1. The number of amides is 1. The van der Waals surface area contributed by atoms with Crippen molar-refractivity contribution in [1.82, 2.24) is 4.31 Å². The maximum Gasteiger partial charge on any atom is 0.255 e. The molecule has 1 amide bonds. The fourth-order valence-electron chi connectivity index (χ4n) is 3.50. The van der Waals surface area contributed by atoms with Crippen LogP contribution in [0.15, 0.2) is 89.8 Å². The van der Waals surface area contributed by atoms with Gasteiger partial charge < -0.3 is 10.2 Å². The second-order valence-corrected chi connectivity index (χ2v) is 9.01. The van der Waals surface area contributed by atoms with Gasteiger partial charge >= 0.3 is 0 Å². The van der Waals surface area contributed by atoms with Crippen LogP contribution in [0, 0.1) is 0 Å². The number of benzene rings is 3. The summed E-state index contributed by atoms with van der Waals surface area (Å²) in [5, 5.41) is 2.79. The van der Waals surface area contributed by atoms with Crippen LogP contribution >= 0.6 is 0 Å². The normalized spacial score (nSPS) is 15.0. The van der Waals surface area contributed by atoms with Crippen molar-refractivity contribution in [2.24, 2.45) is 0 Å². The van der Waals surface area contributed by atoms with E-state index >= 15 is 0 Å². The van der Waals surface area contributed by atoms with Gasteiger partial charge in [0, 0.05) is 43.1 Å². The Labute approximate surface area is 176 Å². The lowest BCUT2D eigenvalue weighted by molar-refractivity contribution is 0.102. The van der Waals surface area contributed by atoms with Crippen molar-refractivity contribution in [3.8, 4) is 0 Å². The third-order valence-electron chi connectivity index (χ3n) is 5.13. The van der Waals surface area contributed by atoms with Crippen molar-refractivity contribution in [3.63, 3.8) is 0 Å². The first-order valence-corrected chi connectivity index (χ1v) is 11.2. The molecule has 0 bridgehead atoms. The quantitative estimate of drug-likeness (QED) is 0.685. The summed E-state index contributed by atoms with van der Waals surface area (Å²) in [5.74, 6) is -0.341. The number of hydrogen-bond acceptors (Lipinski definition) is 4. The Balaban J connectivity index is 1.47. The molecular weight excluding hydrogens is 398 g/mol. The van der Waals surface area contributed by atoms with E-state index in [2.05, 4.69) is 10.2 Å². The van der Waals surface area contributed by atoms with Gasteiger partial charge in [0.25, 0.3) is 5.91 Å². The minimum absolute atomic E-state index is 0.136. The second-order valence-electron chi connectivity index (χ2n) is 7.07. The molecule has 1 aliphatic rings. The highest BCUT2D eigenvalue weighted by atomic mass is 32.2. The molecule has 3 aromatic rings. The molecule has 1 aliphatic heterocycles. The Hall–Kier alpha value is -3.16. The molecule has 0 radical (unpaired) electrons. The third kappa shape index (κ3) is 4.37. The molecule has 0 aliphatic carbocycles. The number of para-hydroxylation sites is 2. The van der Waals surface area contributed by atoms with Crippen LogP contribution in [0.4, 0.5) is 11.4 Å². The summed E-state index contributed by atoms with van der Waals surface area (Å²) in [5.41, 5.74) is 2.06. The standard InChI is InChI=1S/C23H23N3O3S/c27-23(24-20-9-3-1-4-10-20)19-8-7-13-22(18-19)30(28,29)26-16-14-25(15-17-26)21-11-5-2-6-12-21/h1-13,18H,14-17H2,(H,24,27). The number of hydrogen-bond donors (Lipinski definition) is 1. The van der Waals surface area contributed by atoms with Crippen LogP contribution in [0.3, 0.4) is 0 Å². The van der Waals surface area contributed by atoms with E-state index in [0.29, 0.717) is 37.4 Å². The molecule has 0 atom stereocenters. The van der Waals surface area contributed by atoms with E-state index in [0.717, 1.165) is 5.69 Å². The zero-order chi connectivity index (χ0) is 21.0. The Morgan fingerprint density at radius 1 is 0.767 bits per heavy atom. The van der Waals surface area contributed by atoms with Crippen LogP contribution in [0.2, 0.25) is 0 Å². The molecule has 7 heteroatoms. The lowest BCUT2D eigenvalue weighted by atomic mass is 10.2. The summed E-state index contributed by atoms with van der Waals surface area (Å²) < 4.78 is 27.8. The van der Waals surface area contributed by atoms with E-state index in [1.807, 2.05) is 48.5 Å². The number of nitrogens with zero attached hydrogens (tertiary/aromatic N) is 2. The molecule has 0 aromatic heterocycles. The summed E-state index contributed by atoms with van der Waals surface area (Å²) in [7, 11) is -3.67. The lowest BCUT2D eigenvalue weighted by Crippen LogP contribution is -2.48. The molecule has 0 spiro atoms. The molecule has 3 aromatic carbocycles. The molecule has 0 saturated carbocycles. The van der Waals surface area contributed by atoms with E-state index in [9.17, 15) is 13.2 Å². The topological polar surface area (TPSA) is 69.7 Å². The molecule has 1 fully saturated rings. The van der Waals surface area contributed by atoms with Gasteiger partial charge in [-0.2, -0.15) is 4.31 Å². The number of carbonyl (C=O) groups excluding carboxylic acids is 1. The second kappa shape index (κ2) is 8.69. The van der Waals surface area contributed by atoms with Crippen molar-refractivity contribution in [3.05, 3.63) is 90.5 Å². The van der Waals surface area contributed by atoms with Crippen molar-refractivity contribution in [1.29, 1.82) is 0 Å². The van der Waals surface area contributed by atoms with E-state index in [4.69, 9.17) is 0 Å². The van der Waals surface area contributed by atoms with Gasteiger partial charge in [0.05, 0.1) is 4.90 Å². The summed E-state index contributed by atoms with van der Waals surface area (Å²) in [6.45, 7) is 2.05. The van der Waals surface area contributed by atoms with Gasteiger partial charge in [-0.15, -0.1) is 0 Å². The SMILES string of the molecule is O=C(Nc1ccccc1)c1cccc(S(=O)(=O)N2CCN(c3ccccc3)CC2)c1. The Kier molecular flexibility index (Phi) is 5.83. The van der Waals surface area contributed by atoms with E-state index in [-0.39, 0.29) is 10.8 Å². The fraction of sp³-hybridized carbons (Fsp3) is 0.174. The third-order valence-corrected chi connectivity index (χ3v) is 7.02. The molecular formula is C23H23N3O3S. The largest absolute Gasteiger partial charge is 0.369 e. The van der Waals surface area contributed by atoms with Crippen molar-refractivity contribution < 1.29 is 13.2 Å². The Bertz CT molecular complexity index is 1110. The van der Waals surface area contributed by atoms with Crippen molar-refractivity contribution in [2.45, 2.75) is 4.90 Å². The van der Waals surface area contributed by atoms with E-state index < -0.39 is 10.0 Å². The molecule has 0 unspecified atom stereocenters. The molecule has 6 nitrogen and oxygen atoms in total. The number of nitrogens with one attached hydrogen (secondary N) is 1. The maximum atomic E-state index is 13.1. The molecule has 154 valence electrons. The van der Waals surface area contributed by atoms with Crippen LogP contribution in [-0.2, 0) is 10.0 Å². The first-order valence-electron chi connectivity index (χ1n) is 9.81. The van der Waals surface area contributed by atoms with E-state index in [1.54, 1.807) is 24.3 Å². The zero-order valence-corrected chi connectivity index (χ0v) is 17.3. The number of rotatable bonds is 5. The summed E-state index contributed by atoms with van der Waals surface area (Å²) in [6, 6.07) is 25.2. The Morgan fingerprint density at radius 2 is 1.40 bits per heavy atom. The molecule has 4 rings (SSSR count). The van der Waals surface area contributed by atoms with Crippen LogP contribution in [-0.4, -0.2) is 44.8 Å². The predicted octanol–water partition coefficient (Wildman–Crippen LogP) is 3.45. The van der Waals surface area contributed by atoms with Gasteiger partial charge in [-0.1, -0.05) is 42.5 Å². The van der Waals surface area contributed by atoms with Gasteiger partial charge in [-0.25, -0.2) is 8.42 Å². The molecule has 30 heavy (non-hydrogen) atoms. The summed E-state index contributed by atoms with van der Waals surface area (Å²) >= 11 is 0. The minimum Gasteiger partial charge on any atom is -0.369 e. The zero-order valence-electron chi connectivity index (χ0n) is 16.4. The maximum absolute atomic E-state index is 13.1. The average molecular weight is 422 g/mol. The molecule has 1 N–H and O–H groups in total. The highest BCUT2D eigenvalue weighted by Gasteiger charge is 2.29. The molecule has 1 heterocycles. The monoisotopic (exact) mass is 421 g/mol. The first kappa shape index (κ1) is 20.1. The highest BCUT2D eigenvalue weighted by Crippen LogP contribution is 2.22. The van der Waals surface area contributed by atoms with Gasteiger partial charge in [-0.3, -0.25) is 4.79 Å². The minimum atomic E-state index is -3.67. The van der Waals surface area contributed by atoms with Crippen LogP contribution in [0.1, 0.15) is 10.4 Å². The lowest BCUT2D eigenvalue weighted by Gasteiger charge is -2.35. The number of carbonyl (C=O) groups is 1. The summed E-state index contributed by atoms with van der Waals surface area (Å²) in [4.78, 5) is 14.9. The fourth-order valence-corrected chi connectivity index (χ4v) is 4.97. The van der Waals surface area contributed by atoms with Gasteiger partial charge in [-0.05, 0) is 42.5 Å². The summed E-state index contributed by atoms with van der Waals surface area (Å²) in [6.07, 6.45) is 0. The first-order chi connectivity index (χ1) is 14.5. The van der Waals surface area contributed by atoms with Crippen molar-refractivity contribution >= 4 is 27.3 Å². The number of piperazine rings is 1. The smallest absolute Gasteiger partial charge is 0.255 e. The van der Waals surface area contributed by atoms with Gasteiger partial charge in [0.1, 0.15) is 0 Å². The van der Waals surface area contributed by atoms with Crippen LogP contribution < -0.4 is 10.2 Å². The van der Waals surface area contributed by atoms with Crippen LogP contribution in [0.5, 0.6) is 0 Å². The average Bonchev–Trinajstić information content (AvgIpc) is 2.80. The highest BCUT2D eigenvalue weighted by molar-refractivity contribution is 7.89. The van der Waals surface area contributed by atoms with Crippen molar-refractivity contribution in [2.75, 3.05) is 36.4 Å². The van der Waals surface area contributed by atoms with Gasteiger partial charge in [0.15, 0.2) is 0 Å². The van der Waals surface area contributed by atoms with Crippen LogP contribution in [0.25, 0.3) is 0 Å². The predicted molar refractivity (Wildman–Crippen MR) is 118 cm³/mol. The van der Waals surface area contributed by atoms with E-state index in [1.165, 1.54) is 16.4 Å². The number of anilines is 2.